The van der Waals surface area contributed by atoms with Gasteiger partial charge in [0, 0.05) is 38.6 Å². The molecule has 0 fully saturated rings. The molecular weight excluding hydrogens is 645 g/mol. The highest BCUT2D eigenvalue weighted by Gasteiger charge is 2.21. The van der Waals surface area contributed by atoms with Crippen LogP contribution in [-0.2, 0) is 0 Å². The summed E-state index contributed by atoms with van der Waals surface area (Å²) in [5.41, 5.74) is 10.9. The molecule has 0 N–H and O–H groups in total. The van der Waals surface area contributed by atoms with E-state index in [1.54, 1.807) is 0 Å². The van der Waals surface area contributed by atoms with Gasteiger partial charge in [0.15, 0.2) is 0 Å². The molecule has 2 aromatic heterocycles. The zero-order valence-corrected chi connectivity index (χ0v) is 28.8. The molecule has 0 unspecified atom stereocenters. The lowest BCUT2D eigenvalue weighted by Crippen LogP contribution is -2.10. The normalized spacial score (nSPS) is 11.8. The zero-order chi connectivity index (χ0) is 34.9. The van der Waals surface area contributed by atoms with Gasteiger partial charge in [-0.1, -0.05) is 127 Å². The van der Waals surface area contributed by atoms with Crippen molar-refractivity contribution in [2.45, 2.75) is 0 Å². The van der Waals surface area contributed by atoms with Crippen LogP contribution in [-0.4, -0.2) is 4.57 Å². The Bertz CT molecular complexity index is 3130. The lowest BCUT2D eigenvalue weighted by Gasteiger charge is -2.27. The number of anilines is 3. The first kappa shape index (κ1) is 29.6. The minimum Gasteiger partial charge on any atom is -0.455 e. The largest absolute Gasteiger partial charge is 0.455 e. The van der Waals surface area contributed by atoms with E-state index in [1.165, 1.54) is 49.1 Å². The third kappa shape index (κ3) is 4.61. The van der Waals surface area contributed by atoms with E-state index in [2.05, 4.69) is 204 Å². The third-order valence-corrected chi connectivity index (χ3v) is 10.8. The molecule has 3 nitrogen and oxygen atoms in total. The predicted octanol–water partition coefficient (Wildman–Crippen LogP) is 14.1. The smallest absolute Gasteiger partial charge is 0.143 e. The van der Waals surface area contributed by atoms with Crippen LogP contribution in [0.3, 0.4) is 0 Å². The number of nitrogens with zero attached hydrogens (tertiary/aromatic N) is 2. The maximum Gasteiger partial charge on any atom is 0.143 e. The minimum absolute atomic E-state index is 0.867. The molecule has 248 valence electrons. The summed E-state index contributed by atoms with van der Waals surface area (Å²) >= 11 is 0. The van der Waals surface area contributed by atoms with Crippen LogP contribution in [0.5, 0.6) is 0 Å². The number of para-hydroxylation sites is 2. The fourth-order valence-electron chi connectivity index (χ4n) is 8.39. The van der Waals surface area contributed by atoms with Gasteiger partial charge >= 0.3 is 0 Å². The maximum absolute atomic E-state index is 6.69. The summed E-state index contributed by atoms with van der Waals surface area (Å²) in [5.74, 6) is 0. The van der Waals surface area contributed by atoms with Crippen molar-refractivity contribution in [1.29, 1.82) is 0 Å². The Morgan fingerprint density at radius 2 is 1.04 bits per heavy atom. The first-order valence-electron chi connectivity index (χ1n) is 18.1. The van der Waals surface area contributed by atoms with E-state index in [-0.39, 0.29) is 0 Å². The average Bonchev–Trinajstić information content (AvgIpc) is 3.78. The molecule has 0 aliphatic heterocycles. The van der Waals surface area contributed by atoms with Crippen LogP contribution in [0, 0.1) is 0 Å². The molecule has 11 aromatic rings. The molecule has 0 aliphatic rings. The van der Waals surface area contributed by atoms with Gasteiger partial charge in [0.2, 0.25) is 0 Å². The molecule has 0 radical (unpaired) electrons. The molecule has 0 aliphatic carbocycles. The summed E-state index contributed by atoms with van der Waals surface area (Å²) in [6.07, 6.45) is 0. The fourth-order valence-corrected chi connectivity index (χ4v) is 8.39. The van der Waals surface area contributed by atoms with Crippen molar-refractivity contribution in [3.8, 4) is 16.8 Å². The summed E-state index contributed by atoms with van der Waals surface area (Å²) < 4.78 is 9.06. The molecule has 53 heavy (non-hydrogen) atoms. The van der Waals surface area contributed by atoms with Gasteiger partial charge < -0.3 is 13.9 Å². The van der Waals surface area contributed by atoms with Crippen LogP contribution in [0.25, 0.3) is 82.1 Å². The second kappa shape index (κ2) is 11.7. The lowest BCUT2D eigenvalue weighted by molar-refractivity contribution is 0.672. The van der Waals surface area contributed by atoms with Crippen LogP contribution >= 0.6 is 0 Å². The van der Waals surface area contributed by atoms with Gasteiger partial charge in [-0.15, -0.1) is 0 Å². The molecule has 0 saturated carbocycles. The third-order valence-electron chi connectivity index (χ3n) is 10.8. The Morgan fingerprint density at radius 1 is 0.415 bits per heavy atom. The molecule has 2 heterocycles. The van der Waals surface area contributed by atoms with Crippen molar-refractivity contribution in [3.63, 3.8) is 0 Å². The zero-order valence-electron chi connectivity index (χ0n) is 28.8. The summed E-state index contributed by atoms with van der Waals surface area (Å²) in [5, 5.41) is 9.46. The van der Waals surface area contributed by atoms with Crippen LogP contribution in [0.2, 0.25) is 0 Å². The number of hydrogen-bond acceptors (Lipinski definition) is 2. The molecule has 0 saturated heterocycles. The topological polar surface area (TPSA) is 21.3 Å². The average molecular weight is 677 g/mol. The number of aromatic nitrogens is 1. The predicted molar refractivity (Wildman–Crippen MR) is 223 cm³/mol. The Labute approximate surface area is 306 Å². The van der Waals surface area contributed by atoms with E-state index in [1.807, 2.05) is 0 Å². The van der Waals surface area contributed by atoms with Gasteiger partial charge in [0.05, 0.1) is 22.1 Å². The van der Waals surface area contributed by atoms with Crippen molar-refractivity contribution >= 4 is 82.4 Å². The van der Waals surface area contributed by atoms with Crippen molar-refractivity contribution in [2.75, 3.05) is 4.90 Å². The van der Waals surface area contributed by atoms with E-state index in [9.17, 15) is 0 Å². The Kier molecular flexibility index (Phi) is 6.55. The lowest BCUT2D eigenvalue weighted by atomic mass is 9.97. The number of rotatable bonds is 5. The minimum atomic E-state index is 0.867. The highest BCUT2D eigenvalue weighted by molar-refractivity contribution is 6.19. The fraction of sp³-hybridized carbons (Fsp3) is 0. The maximum atomic E-state index is 6.69. The standard InChI is InChI=1S/C50H32N2O/c1-3-17-39-33(12-1)14-10-21-40(39)35-15-9-16-38(32-35)51(47-24-11-25-48-49(47)44-31-26-34-13-2-4-18-41(34)50(44)53-48)36-27-29-37(30-28-36)52-45-22-7-5-19-42(45)43-20-6-8-23-46(43)52/h1-32H. The van der Waals surface area contributed by atoms with Crippen LogP contribution in [0.4, 0.5) is 17.1 Å². The van der Waals surface area contributed by atoms with Gasteiger partial charge in [-0.05, 0) is 94.0 Å². The highest BCUT2D eigenvalue weighted by Crippen LogP contribution is 2.45. The monoisotopic (exact) mass is 676 g/mol. The molecule has 0 spiro atoms. The SMILES string of the molecule is c1cc(-c2cccc3ccccc23)cc(N(c2ccc(-n3c4ccccc4c4ccccc43)cc2)c2cccc3oc4c5ccccc5ccc4c23)c1. The van der Waals surface area contributed by atoms with Gasteiger partial charge in [-0.3, -0.25) is 0 Å². The summed E-state index contributed by atoms with van der Waals surface area (Å²) in [4.78, 5) is 2.39. The molecule has 9 aromatic carbocycles. The summed E-state index contributed by atoms with van der Waals surface area (Å²) in [6, 6.07) is 69.7. The van der Waals surface area contributed by atoms with Gasteiger partial charge in [0.25, 0.3) is 0 Å². The van der Waals surface area contributed by atoms with Crippen molar-refractivity contribution in [1.82, 2.24) is 4.57 Å². The summed E-state index contributed by atoms with van der Waals surface area (Å²) in [7, 11) is 0. The number of furan rings is 1. The van der Waals surface area contributed by atoms with E-state index >= 15 is 0 Å². The number of benzene rings is 9. The van der Waals surface area contributed by atoms with Crippen molar-refractivity contribution < 1.29 is 4.42 Å². The van der Waals surface area contributed by atoms with Crippen LogP contribution in [0.1, 0.15) is 0 Å². The van der Waals surface area contributed by atoms with Crippen molar-refractivity contribution in [3.05, 3.63) is 194 Å². The molecule has 0 bridgehead atoms. The summed E-state index contributed by atoms with van der Waals surface area (Å²) in [6.45, 7) is 0. The second-order valence-corrected chi connectivity index (χ2v) is 13.7. The van der Waals surface area contributed by atoms with Crippen LogP contribution in [0.15, 0.2) is 199 Å². The Hall–Kier alpha value is -7.10. The first-order valence-corrected chi connectivity index (χ1v) is 18.1. The van der Waals surface area contributed by atoms with E-state index in [0.29, 0.717) is 0 Å². The van der Waals surface area contributed by atoms with Gasteiger partial charge in [-0.25, -0.2) is 0 Å². The van der Waals surface area contributed by atoms with E-state index in [4.69, 9.17) is 4.42 Å². The Morgan fingerprint density at radius 3 is 1.81 bits per heavy atom. The highest BCUT2D eigenvalue weighted by atomic mass is 16.3. The van der Waals surface area contributed by atoms with Crippen LogP contribution < -0.4 is 4.90 Å². The van der Waals surface area contributed by atoms with E-state index < -0.39 is 0 Å². The number of hydrogen-bond donors (Lipinski definition) is 0. The molecule has 3 heteroatoms. The second-order valence-electron chi connectivity index (χ2n) is 13.7. The van der Waals surface area contributed by atoms with Gasteiger partial charge in [0.1, 0.15) is 11.2 Å². The van der Waals surface area contributed by atoms with Crippen molar-refractivity contribution in [2.24, 2.45) is 0 Å². The van der Waals surface area contributed by atoms with E-state index in [0.717, 1.165) is 50.1 Å². The molecule has 0 amide bonds. The quantitative estimate of drug-likeness (QED) is 0.181. The van der Waals surface area contributed by atoms with Gasteiger partial charge in [-0.2, -0.15) is 0 Å². The first-order chi connectivity index (χ1) is 26.3. The number of fused-ring (bicyclic) bond motifs is 9. The molecule has 11 rings (SSSR count). The molecule has 0 atom stereocenters. The Balaban J connectivity index is 1.14. The molecular formula is C50H32N2O.